The van der Waals surface area contributed by atoms with Crippen molar-refractivity contribution < 1.29 is 23.8 Å². The Labute approximate surface area is 203 Å². The molecule has 1 aliphatic rings. The number of ether oxygens (including phenoxy) is 3. The van der Waals surface area contributed by atoms with E-state index in [9.17, 15) is 9.59 Å². The van der Waals surface area contributed by atoms with E-state index in [1.54, 1.807) is 6.07 Å². The summed E-state index contributed by atoms with van der Waals surface area (Å²) in [5.74, 6) is 0.214. The third-order valence-corrected chi connectivity index (χ3v) is 6.15. The first kappa shape index (κ1) is 22.4. The zero-order valence-electron chi connectivity index (χ0n) is 19.4. The van der Waals surface area contributed by atoms with Crippen molar-refractivity contribution in [1.29, 1.82) is 0 Å². The van der Waals surface area contributed by atoms with Crippen molar-refractivity contribution in [2.75, 3.05) is 0 Å². The van der Waals surface area contributed by atoms with Crippen LogP contribution in [0.25, 0.3) is 0 Å². The summed E-state index contributed by atoms with van der Waals surface area (Å²) in [6, 6.07) is 34.1. The number of benzene rings is 4. The summed E-state index contributed by atoms with van der Waals surface area (Å²) >= 11 is 0. The van der Waals surface area contributed by atoms with E-state index in [0.717, 1.165) is 28.0 Å². The highest BCUT2D eigenvalue weighted by atomic mass is 16.7. The molecule has 0 amide bonds. The number of esters is 2. The van der Waals surface area contributed by atoms with Gasteiger partial charge in [0.2, 0.25) is 0 Å². The van der Waals surface area contributed by atoms with Gasteiger partial charge in [0.1, 0.15) is 11.5 Å². The minimum Gasteiger partial charge on any atom is -0.457 e. The molecule has 0 saturated carbocycles. The maximum Gasteiger partial charge on any atom is 0.305 e. The Kier molecular flexibility index (Phi) is 5.83. The molecule has 4 aromatic rings. The van der Waals surface area contributed by atoms with Gasteiger partial charge < -0.3 is 14.2 Å². The van der Waals surface area contributed by atoms with Gasteiger partial charge in [-0.05, 0) is 23.3 Å². The van der Waals surface area contributed by atoms with E-state index in [1.807, 2.05) is 66.7 Å². The zero-order chi connectivity index (χ0) is 24.4. The molecule has 0 aliphatic carbocycles. The molecule has 5 heteroatoms. The van der Waals surface area contributed by atoms with Crippen LogP contribution >= 0.6 is 0 Å². The van der Waals surface area contributed by atoms with Crippen LogP contribution in [0.5, 0.6) is 11.5 Å². The van der Waals surface area contributed by atoms with Crippen LogP contribution in [-0.2, 0) is 24.5 Å². The Morgan fingerprint density at radius 1 is 0.657 bits per heavy atom. The average molecular weight is 465 g/mol. The van der Waals surface area contributed by atoms with Crippen molar-refractivity contribution in [2.45, 2.75) is 25.6 Å². The van der Waals surface area contributed by atoms with E-state index >= 15 is 0 Å². The highest BCUT2D eigenvalue weighted by Crippen LogP contribution is 2.55. The molecule has 0 fully saturated rings. The van der Waals surface area contributed by atoms with Crippen molar-refractivity contribution in [2.24, 2.45) is 0 Å². The molecular weight excluding hydrogens is 440 g/mol. The van der Waals surface area contributed by atoms with Crippen LogP contribution in [0, 0.1) is 0 Å². The summed E-state index contributed by atoms with van der Waals surface area (Å²) < 4.78 is 17.0. The second kappa shape index (κ2) is 9.11. The fourth-order valence-corrected chi connectivity index (χ4v) is 4.84. The molecule has 0 atom stereocenters. The molecular formula is C30H24O5. The molecule has 0 saturated heterocycles. The summed E-state index contributed by atoms with van der Waals surface area (Å²) in [4.78, 5) is 23.4. The molecule has 0 N–H and O–H groups in total. The molecule has 35 heavy (non-hydrogen) atoms. The molecule has 0 spiro atoms. The van der Waals surface area contributed by atoms with E-state index in [2.05, 4.69) is 30.3 Å². The molecule has 1 heterocycles. The van der Waals surface area contributed by atoms with Crippen LogP contribution < -0.4 is 4.74 Å². The fourth-order valence-electron chi connectivity index (χ4n) is 4.84. The van der Waals surface area contributed by atoms with Gasteiger partial charge in [0.05, 0.1) is 5.41 Å². The number of carbonyl (C=O) groups excluding carboxylic acids is 2. The molecule has 5 rings (SSSR count). The van der Waals surface area contributed by atoms with Gasteiger partial charge in [-0.25, -0.2) is 0 Å². The Morgan fingerprint density at radius 2 is 1.17 bits per heavy atom. The van der Waals surface area contributed by atoms with Gasteiger partial charge in [0.25, 0.3) is 6.29 Å². The maximum absolute atomic E-state index is 11.7. The first-order valence-corrected chi connectivity index (χ1v) is 11.4. The van der Waals surface area contributed by atoms with Gasteiger partial charge in [0.15, 0.2) is 0 Å². The molecule has 4 aromatic carbocycles. The highest BCUT2D eigenvalue weighted by Gasteiger charge is 2.45. The van der Waals surface area contributed by atoms with E-state index in [-0.39, 0.29) is 0 Å². The van der Waals surface area contributed by atoms with Crippen LogP contribution in [0.4, 0.5) is 0 Å². The molecule has 0 radical (unpaired) electrons. The smallest absolute Gasteiger partial charge is 0.305 e. The Hall–Kier alpha value is -4.38. The van der Waals surface area contributed by atoms with Crippen LogP contribution in [0.15, 0.2) is 103 Å². The topological polar surface area (TPSA) is 61.8 Å². The van der Waals surface area contributed by atoms with Crippen LogP contribution in [-0.4, -0.2) is 11.9 Å². The van der Waals surface area contributed by atoms with Crippen molar-refractivity contribution in [3.63, 3.8) is 0 Å². The lowest BCUT2D eigenvalue weighted by atomic mass is 9.63. The quantitative estimate of drug-likeness (QED) is 0.226. The molecule has 5 nitrogen and oxygen atoms in total. The molecule has 0 bridgehead atoms. The lowest BCUT2D eigenvalue weighted by Crippen LogP contribution is -2.34. The van der Waals surface area contributed by atoms with Gasteiger partial charge >= 0.3 is 11.9 Å². The number of hydrogen-bond donors (Lipinski definition) is 0. The van der Waals surface area contributed by atoms with Gasteiger partial charge in [-0.1, -0.05) is 91.0 Å². The van der Waals surface area contributed by atoms with E-state index < -0.39 is 23.6 Å². The van der Waals surface area contributed by atoms with Gasteiger partial charge in [-0.2, -0.15) is 0 Å². The summed E-state index contributed by atoms with van der Waals surface area (Å²) in [6.07, 6.45) is -1.17. The van der Waals surface area contributed by atoms with Crippen molar-refractivity contribution in [1.82, 2.24) is 0 Å². The Bertz CT molecular complexity index is 1320. The number of hydrogen-bond acceptors (Lipinski definition) is 5. The largest absolute Gasteiger partial charge is 0.457 e. The van der Waals surface area contributed by atoms with Crippen molar-refractivity contribution in [3.05, 3.63) is 131 Å². The Morgan fingerprint density at radius 3 is 1.74 bits per heavy atom. The van der Waals surface area contributed by atoms with E-state index in [1.165, 1.54) is 13.8 Å². The van der Waals surface area contributed by atoms with E-state index in [0.29, 0.717) is 11.3 Å². The predicted molar refractivity (Wildman–Crippen MR) is 131 cm³/mol. The summed E-state index contributed by atoms with van der Waals surface area (Å²) in [7, 11) is 0. The molecule has 0 aromatic heterocycles. The van der Waals surface area contributed by atoms with Crippen LogP contribution in [0.2, 0.25) is 0 Å². The monoisotopic (exact) mass is 464 g/mol. The lowest BCUT2D eigenvalue weighted by molar-refractivity contribution is -0.186. The summed E-state index contributed by atoms with van der Waals surface area (Å²) in [5.41, 5.74) is 3.99. The second-order valence-corrected chi connectivity index (χ2v) is 8.39. The molecule has 174 valence electrons. The summed E-state index contributed by atoms with van der Waals surface area (Å²) in [6.45, 7) is 2.55. The molecule has 1 aliphatic heterocycles. The fraction of sp³-hybridized carbons (Fsp3) is 0.133. The number of carbonyl (C=O) groups is 2. The van der Waals surface area contributed by atoms with Crippen molar-refractivity contribution >= 4 is 11.9 Å². The predicted octanol–water partition coefficient (Wildman–Crippen LogP) is 6.30. The second-order valence-electron chi connectivity index (χ2n) is 8.39. The number of para-hydroxylation sites is 1. The average Bonchev–Trinajstić information content (AvgIpc) is 2.87. The van der Waals surface area contributed by atoms with Crippen LogP contribution in [0.1, 0.15) is 48.0 Å². The highest BCUT2D eigenvalue weighted by molar-refractivity contribution is 5.71. The number of rotatable bonds is 5. The summed E-state index contributed by atoms with van der Waals surface area (Å²) in [5, 5.41) is 0. The van der Waals surface area contributed by atoms with Crippen molar-refractivity contribution in [3.8, 4) is 11.5 Å². The zero-order valence-corrected chi connectivity index (χ0v) is 19.4. The Balaban J connectivity index is 1.79. The number of fused-ring (bicyclic) bond motifs is 2. The van der Waals surface area contributed by atoms with E-state index in [4.69, 9.17) is 14.2 Å². The minimum atomic E-state index is -1.17. The lowest BCUT2D eigenvalue weighted by Gasteiger charge is -2.41. The van der Waals surface area contributed by atoms with Gasteiger partial charge in [-0.3, -0.25) is 9.59 Å². The van der Waals surface area contributed by atoms with Gasteiger partial charge in [-0.15, -0.1) is 0 Å². The van der Waals surface area contributed by atoms with Gasteiger partial charge in [0, 0.05) is 30.5 Å². The first-order chi connectivity index (χ1) is 17.0. The SMILES string of the molecule is CC(=O)OC(OC(C)=O)c1ccc2c(c1)Oc1ccccc1C2(c1ccccc1)c1ccccc1. The standard InChI is InChI=1S/C30H24O5/c1-20(31)33-29(34-21(2)32)22-17-18-26-28(19-22)35-27-16-10-9-15-25(27)30(26,23-11-5-3-6-12-23)24-13-7-4-8-14-24/h3-19,29H,1-2H3. The van der Waals surface area contributed by atoms with Crippen LogP contribution in [0.3, 0.4) is 0 Å². The first-order valence-electron chi connectivity index (χ1n) is 11.4. The maximum atomic E-state index is 11.7. The third-order valence-electron chi connectivity index (χ3n) is 6.15. The minimum absolute atomic E-state index is 0.503. The normalized spacial score (nSPS) is 13.2. The molecule has 0 unspecified atom stereocenters. The third kappa shape index (κ3) is 3.95.